The molecule has 0 saturated carbocycles. The molecule has 6 atom stereocenters. The minimum atomic E-state index is -1.69. The third-order valence-corrected chi connectivity index (χ3v) is 7.05. The van der Waals surface area contributed by atoms with E-state index < -0.39 is 84.1 Å². The molecule has 5 amide bonds. The van der Waals surface area contributed by atoms with E-state index in [2.05, 4.69) is 31.6 Å². The van der Waals surface area contributed by atoms with Gasteiger partial charge in [-0.3, -0.25) is 38.6 Å². The van der Waals surface area contributed by atoms with Gasteiger partial charge in [0, 0.05) is 13.0 Å². The Hall–Kier alpha value is -5.26. The molecule has 1 rings (SSSR count). The fraction of sp³-hybridized carbons (Fsp3) is 0.548. The van der Waals surface area contributed by atoms with Crippen LogP contribution in [0.15, 0.2) is 35.3 Å². The van der Waals surface area contributed by atoms with Gasteiger partial charge in [-0.25, -0.2) is 0 Å². The minimum Gasteiger partial charge on any atom is -0.481 e. The van der Waals surface area contributed by atoms with Gasteiger partial charge in [0.1, 0.15) is 30.2 Å². The Morgan fingerprint density at radius 1 is 0.714 bits per heavy atom. The minimum absolute atomic E-state index is 0.0753. The van der Waals surface area contributed by atoms with Crippen LogP contribution in [0.5, 0.6) is 0 Å². The van der Waals surface area contributed by atoms with Crippen LogP contribution in [0.2, 0.25) is 0 Å². The highest BCUT2D eigenvalue weighted by Gasteiger charge is 2.33. The molecule has 0 radical (unpaired) electrons. The molecular weight excluding hydrogens is 642 g/mol. The normalized spacial score (nSPS) is 14.5. The van der Waals surface area contributed by atoms with E-state index in [-0.39, 0.29) is 37.7 Å². The van der Waals surface area contributed by atoms with Gasteiger partial charge in [0.15, 0.2) is 5.96 Å². The SMILES string of the molecule is CC(C)C[C@H](NC(=O)[C@H](C)NC(=O)[C@@H](N)CCCN=C(N)N)C(=O)N[C@@H](CC(=O)O)C(=O)N[C@@H](Cc1ccccc1)C(=O)N[C@@H](C)C(=O)O. The van der Waals surface area contributed by atoms with Gasteiger partial charge >= 0.3 is 11.9 Å². The van der Waals surface area contributed by atoms with Crippen LogP contribution < -0.4 is 43.8 Å². The molecule has 18 nitrogen and oxygen atoms in total. The Bertz CT molecular complexity index is 1340. The van der Waals surface area contributed by atoms with Crippen molar-refractivity contribution in [1.82, 2.24) is 26.6 Å². The number of hydrogen-bond acceptors (Lipinski definition) is 9. The summed E-state index contributed by atoms with van der Waals surface area (Å²) in [5.41, 5.74) is 17.0. The molecule has 1 aromatic carbocycles. The molecule has 0 aliphatic rings. The van der Waals surface area contributed by atoms with Gasteiger partial charge < -0.3 is 54.0 Å². The fourth-order valence-electron chi connectivity index (χ4n) is 4.40. The highest BCUT2D eigenvalue weighted by Crippen LogP contribution is 2.09. The number of aliphatic imine (C=N–C) groups is 1. The molecule has 49 heavy (non-hydrogen) atoms. The molecule has 0 unspecified atom stereocenters. The maximum Gasteiger partial charge on any atom is 0.325 e. The van der Waals surface area contributed by atoms with Gasteiger partial charge in [-0.15, -0.1) is 0 Å². The molecular formula is C31H49N9O9. The molecule has 0 fully saturated rings. The summed E-state index contributed by atoms with van der Waals surface area (Å²) in [7, 11) is 0. The first-order valence-electron chi connectivity index (χ1n) is 15.7. The average Bonchev–Trinajstić information content (AvgIpc) is 3.01. The van der Waals surface area contributed by atoms with Gasteiger partial charge in [-0.1, -0.05) is 44.2 Å². The molecule has 1 aromatic rings. The lowest BCUT2D eigenvalue weighted by atomic mass is 10.0. The molecule has 13 N–H and O–H groups in total. The van der Waals surface area contributed by atoms with E-state index in [0.717, 1.165) is 0 Å². The average molecular weight is 692 g/mol. The summed E-state index contributed by atoms with van der Waals surface area (Å²) < 4.78 is 0. The zero-order valence-electron chi connectivity index (χ0n) is 28.1. The third kappa shape index (κ3) is 16.4. The van der Waals surface area contributed by atoms with Crippen molar-refractivity contribution in [3.63, 3.8) is 0 Å². The zero-order valence-corrected chi connectivity index (χ0v) is 28.1. The summed E-state index contributed by atoms with van der Waals surface area (Å²) in [6.07, 6.45) is -0.231. The largest absolute Gasteiger partial charge is 0.481 e. The Morgan fingerprint density at radius 2 is 1.24 bits per heavy atom. The number of amides is 5. The fourth-order valence-corrected chi connectivity index (χ4v) is 4.40. The van der Waals surface area contributed by atoms with Crippen LogP contribution in [0.25, 0.3) is 0 Å². The molecule has 0 aliphatic carbocycles. The lowest BCUT2D eigenvalue weighted by molar-refractivity contribution is -0.143. The first-order valence-corrected chi connectivity index (χ1v) is 15.7. The number of carbonyl (C=O) groups is 7. The maximum atomic E-state index is 13.4. The second-order valence-electron chi connectivity index (χ2n) is 12.0. The quantitative estimate of drug-likeness (QED) is 0.0369. The Labute approximate surface area is 284 Å². The third-order valence-electron chi connectivity index (χ3n) is 7.05. The first kappa shape index (κ1) is 41.8. The summed E-state index contributed by atoms with van der Waals surface area (Å²) in [6, 6.07) is 0.826. The monoisotopic (exact) mass is 691 g/mol. The Balaban J connectivity index is 3.08. The lowest BCUT2D eigenvalue weighted by Crippen LogP contribution is -2.59. The van der Waals surface area contributed by atoms with Crippen molar-refractivity contribution in [2.24, 2.45) is 28.1 Å². The van der Waals surface area contributed by atoms with Crippen LogP contribution in [0.3, 0.4) is 0 Å². The van der Waals surface area contributed by atoms with Gasteiger partial charge in [-0.2, -0.15) is 0 Å². The predicted octanol–water partition coefficient (Wildman–Crippen LogP) is -2.32. The maximum absolute atomic E-state index is 13.4. The number of carboxylic acids is 2. The van der Waals surface area contributed by atoms with Crippen molar-refractivity contribution in [2.45, 2.75) is 96.1 Å². The number of carbonyl (C=O) groups excluding carboxylic acids is 5. The molecule has 18 heteroatoms. The predicted molar refractivity (Wildman–Crippen MR) is 178 cm³/mol. The highest BCUT2D eigenvalue weighted by atomic mass is 16.4. The lowest BCUT2D eigenvalue weighted by Gasteiger charge is -2.26. The molecule has 0 bridgehead atoms. The molecule has 0 spiro atoms. The topological polar surface area (TPSA) is 311 Å². The van der Waals surface area contributed by atoms with Gasteiger partial charge in [0.05, 0.1) is 12.5 Å². The number of aliphatic carboxylic acids is 2. The van der Waals surface area contributed by atoms with E-state index in [1.165, 1.54) is 13.8 Å². The molecule has 272 valence electrons. The summed E-state index contributed by atoms with van der Waals surface area (Å²) in [5, 5.41) is 30.8. The molecule has 0 aliphatic heterocycles. The molecule has 0 heterocycles. The Morgan fingerprint density at radius 3 is 1.80 bits per heavy atom. The van der Waals surface area contributed by atoms with Crippen molar-refractivity contribution in [3.05, 3.63) is 35.9 Å². The number of guanidine groups is 1. The summed E-state index contributed by atoms with van der Waals surface area (Å²) in [5.74, 6) is -7.14. The van der Waals surface area contributed by atoms with Gasteiger partial charge in [-0.05, 0) is 44.6 Å². The van der Waals surface area contributed by atoms with Gasteiger partial charge in [0.25, 0.3) is 0 Å². The van der Waals surface area contributed by atoms with E-state index in [1.54, 1.807) is 44.2 Å². The summed E-state index contributed by atoms with van der Waals surface area (Å²) in [4.78, 5) is 92.1. The zero-order chi connectivity index (χ0) is 37.3. The van der Waals surface area contributed by atoms with E-state index in [4.69, 9.17) is 17.2 Å². The van der Waals surface area contributed by atoms with Crippen molar-refractivity contribution >= 4 is 47.4 Å². The number of carboxylic acid groups (broad SMARTS) is 2. The summed E-state index contributed by atoms with van der Waals surface area (Å²) >= 11 is 0. The smallest absolute Gasteiger partial charge is 0.325 e. The standard InChI is InChI=1S/C31H49N9O9/c1-16(2)13-21(38-25(43)17(3)36-26(44)20(32)11-8-12-35-31(33)34)28(46)40-23(15-24(41)42)29(47)39-22(14-19-9-6-5-7-10-19)27(45)37-18(4)30(48)49/h5-7,9-10,16-18,20-23H,8,11-15,32H2,1-4H3,(H,36,44)(H,37,45)(H,38,43)(H,39,47)(H,40,46)(H,41,42)(H,48,49)(H4,33,34,35)/t17-,18-,20-,21-,22-,23-/m0/s1. The number of benzene rings is 1. The number of nitrogens with one attached hydrogen (secondary N) is 5. The van der Waals surface area contributed by atoms with Crippen LogP contribution in [-0.4, -0.2) is 100 Å². The Kier molecular flexibility index (Phi) is 17.8. The first-order chi connectivity index (χ1) is 22.9. The molecule has 0 aromatic heterocycles. The van der Waals surface area contributed by atoms with E-state index >= 15 is 0 Å². The van der Waals surface area contributed by atoms with Crippen molar-refractivity contribution < 1.29 is 43.8 Å². The second kappa shape index (κ2) is 20.9. The number of rotatable bonds is 21. The van der Waals surface area contributed by atoms with E-state index in [0.29, 0.717) is 12.0 Å². The van der Waals surface area contributed by atoms with Crippen molar-refractivity contribution in [2.75, 3.05) is 6.54 Å². The highest BCUT2D eigenvalue weighted by molar-refractivity contribution is 5.97. The number of hydrogen-bond donors (Lipinski definition) is 10. The van der Waals surface area contributed by atoms with Crippen molar-refractivity contribution in [1.29, 1.82) is 0 Å². The van der Waals surface area contributed by atoms with Crippen LogP contribution in [-0.2, 0) is 40.0 Å². The van der Waals surface area contributed by atoms with Crippen LogP contribution >= 0.6 is 0 Å². The van der Waals surface area contributed by atoms with E-state index in [1.807, 2.05) is 0 Å². The second-order valence-corrected chi connectivity index (χ2v) is 12.0. The van der Waals surface area contributed by atoms with Crippen LogP contribution in [0.4, 0.5) is 0 Å². The van der Waals surface area contributed by atoms with Crippen LogP contribution in [0, 0.1) is 5.92 Å². The number of nitrogens with zero attached hydrogens (tertiary/aromatic N) is 1. The molecule has 0 saturated heterocycles. The van der Waals surface area contributed by atoms with E-state index in [9.17, 15) is 43.8 Å². The van der Waals surface area contributed by atoms with Crippen molar-refractivity contribution in [3.8, 4) is 0 Å². The van der Waals surface area contributed by atoms with Gasteiger partial charge in [0.2, 0.25) is 29.5 Å². The number of nitrogens with two attached hydrogens (primary N) is 3. The van der Waals surface area contributed by atoms with Crippen LogP contribution in [0.1, 0.15) is 58.9 Å². The summed E-state index contributed by atoms with van der Waals surface area (Å²) in [6.45, 7) is 6.41.